The number of pyridine rings is 1. The van der Waals surface area contributed by atoms with Crippen LogP contribution in [0, 0.1) is 0 Å². The molecule has 2 aliphatic heterocycles. The van der Waals surface area contributed by atoms with Gasteiger partial charge in [0.1, 0.15) is 16.9 Å². The van der Waals surface area contributed by atoms with Gasteiger partial charge in [-0.1, -0.05) is 48.2 Å². The Morgan fingerprint density at radius 3 is 2.54 bits per heavy atom. The zero-order chi connectivity index (χ0) is 23.6. The Morgan fingerprint density at radius 2 is 1.80 bits per heavy atom. The van der Waals surface area contributed by atoms with Crippen molar-refractivity contribution < 1.29 is 4.79 Å². The Morgan fingerprint density at radius 1 is 0.943 bits per heavy atom. The molecule has 0 bridgehead atoms. The van der Waals surface area contributed by atoms with Gasteiger partial charge in [0.2, 0.25) is 0 Å². The highest BCUT2D eigenvalue weighted by Crippen LogP contribution is 2.38. The largest absolute Gasteiger partial charge is 0.367 e. The van der Waals surface area contributed by atoms with Crippen LogP contribution in [-0.4, -0.2) is 51.9 Å². The van der Waals surface area contributed by atoms with Crippen molar-refractivity contribution in [3.8, 4) is 10.6 Å². The van der Waals surface area contributed by atoms with E-state index in [0.717, 1.165) is 57.4 Å². The number of allylic oxidation sites excluding steroid dienone is 2. The molecule has 6 nitrogen and oxygen atoms in total. The van der Waals surface area contributed by atoms with Gasteiger partial charge >= 0.3 is 0 Å². The van der Waals surface area contributed by atoms with E-state index in [9.17, 15) is 4.79 Å². The number of hydrogen-bond donors (Lipinski definition) is 0. The average Bonchev–Trinajstić information content (AvgIpc) is 3.48. The zero-order valence-corrected chi connectivity index (χ0v) is 20.6. The standard InChI is InChI=1S/C27H23N5OS2/c33-27(19-7-2-1-3-8-19)32-13-11-31(12-14-32)20-17-21-26(28-18-20)30-25(22-9-4-5-15-34-22)24(29-21)23-10-6-16-35-23/h1-3,5-10,15-18H,4,11-14H2. The van der Waals surface area contributed by atoms with Crippen LogP contribution in [-0.2, 0) is 0 Å². The Hall–Kier alpha value is -3.49. The van der Waals surface area contributed by atoms with Gasteiger partial charge < -0.3 is 9.80 Å². The molecule has 2 aliphatic rings. The molecular weight excluding hydrogens is 474 g/mol. The van der Waals surface area contributed by atoms with E-state index >= 15 is 0 Å². The Kier molecular flexibility index (Phi) is 6.06. The number of piperazine rings is 1. The van der Waals surface area contributed by atoms with Crippen LogP contribution in [0.25, 0.3) is 26.6 Å². The van der Waals surface area contributed by atoms with E-state index in [2.05, 4.69) is 45.0 Å². The molecule has 1 aromatic carbocycles. The van der Waals surface area contributed by atoms with Crippen molar-refractivity contribution in [3.63, 3.8) is 0 Å². The fourth-order valence-corrected chi connectivity index (χ4v) is 5.86. The van der Waals surface area contributed by atoms with Gasteiger partial charge in [0.05, 0.1) is 16.8 Å². The van der Waals surface area contributed by atoms with Gasteiger partial charge in [-0.15, -0.1) is 11.3 Å². The van der Waals surface area contributed by atoms with Crippen molar-refractivity contribution in [3.05, 3.63) is 88.9 Å². The number of carbonyl (C=O) groups is 1. The van der Waals surface area contributed by atoms with E-state index in [1.807, 2.05) is 47.5 Å². The first-order valence-electron chi connectivity index (χ1n) is 11.6. The van der Waals surface area contributed by atoms with Gasteiger partial charge in [0.15, 0.2) is 5.65 Å². The maximum atomic E-state index is 12.8. The number of thioether (sulfide) groups is 1. The van der Waals surface area contributed by atoms with Gasteiger partial charge in [-0.2, -0.15) is 0 Å². The van der Waals surface area contributed by atoms with Crippen molar-refractivity contribution in [1.29, 1.82) is 0 Å². The number of amides is 1. The molecule has 174 valence electrons. The molecule has 0 radical (unpaired) electrons. The normalized spacial score (nSPS) is 15.9. The number of aromatic nitrogens is 3. The highest BCUT2D eigenvalue weighted by molar-refractivity contribution is 8.11. The molecule has 0 atom stereocenters. The fraction of sp³-hybridized carbons (Fsp3) is 0.185. The second-order valence-electron chi connectivity index (χ2n) is 8.37. The summed E-state index contributed by atoms with van der Waals surface area (Å²) in [6.07, 6.45) is 7.12. The summed E-state index contributed by atoms with van der Waals surface area (Å²) in [7, 11) is 0. The molecule has 0 spiro atoms. The summed E-state index contributed by atoms with van der Waals surface area (Å²) >= 11 is 3.35. The molecule has 1 saturated heterocycles. The molecule has 1 fully saturated rings. The monoisotopic (exact) mass is 497 g/mol. The van der Waals surface area contributed by atoms with Gasteiger partial charge in [0.25, 0.3) is 5.91 Å². The molecule has 4 aromatic rings. The van der Waals surface area contributed by atoms with Crippen molar-refractivity contribution >= 4 is 50.8 Å². The Labute approximate surface area is 212 Å². The number of thiophene rings is 1. The first kappa shape index (κ1) is 22.0. The maximum absolute atomic E-state index is 12.8. The van der Waals surface area contributed by atoms with Crippen LogP contribution in [0.1, 0.15) is 22.5 Å². The number of benzene rings is 1. The summed E-state index contributed by atoms with van der Waals surface area (Å²) in [6.45, 7) is 2.86. The Bertz CT molecular complexity index is 1430. The van der Waals surface area contributed by atoms with Gasteiger partial charge in [0, 0.05) is 36.6 Å². The first-order chi connectivity index (χ1) is 17.3. The number of carbonyl (C=O) groups excluding carboxylic acids is 1. The minimum Gasteiger partial charge on any atom is -0.367 e. The molecular formula is C27H23N5OS2. The number of nitrogens with zero attached hydrogens (tertiary/aromatic N) is 5. The van der Waals surface area contributed by atoms with Crippen LogP contribution in [0.5, 0.6) is 0 Å². The molecule has 8 heteroatoms. The predicted molar refractivity (Wildman–Crippen MR) is 145 cm³/mol. The van der Waals surface area contributed by atoms with Crippen molar-refractivity contribution in [2.24, 2.45) is 0 Å². The minimum absolute atomic E-state index is 0.0885. The topological polar surface area (TPSA) is 62.2 Å². The molecule has 1 amide bonds. The number of rotatable bonds is 4. The molecule has 5 heterocycles. The molecule has 0 aliphatic carbocycles. The van der Waals surface area contributed by atoms with Gasteiger partial charge in [-0.25, -0.2) is 15.0 Å². The molecule has 0 unspecified atom stereocenters. The van der Waals surface area contributed by atoms with E-state index in [-0.39, 0.29) is 5.91 Å². The van der Waals surface area contributed by atoms with Crippen molar-refractivity contribution in [2.75, 3.05) is 31.1 Å². The second-order valence-corrected chi connectivity index (χ2v) is 10.3. The Balaban J connectivity index is 1.27. The quantitative estimate of drug-likeness (QED) is 0.360. The van der Waals surface area contributed by atoms with Crippen molar-refractivity contribution in [1.82, 2.24) is 19.9 Å². The lowest BCUT2D eigenvalue weighted by Gasteiger charge is -2.36. The second kappa shape index (κ2) is 9.64. The van der Waals surface area contributed by atoms with Crippen LogP contribution in [0.4, 0.5) is 5.69 Å². The minimum atomic E-state index is 0.0885. The smallest absolute Gasteiger partial charge is 0.253 e. The van der Waals surface area contributed by atoms with Gasteiger partial charge in [-0.3, -0.25) is 4.79 Å². The van der Waals surface area contributed by atoms with Gasteiger partial charge in [-0.05, 0) is 41.5 Å². The SMILES string of the molecule is O=C(c1ccccc1)N1CCN(c2cnc3nc(C4=CCC=CS4)c(-c4cccs4)nc3c2)CC1. The molecule has 6 rings (SSSR count). The zero-order valence-electron chi connectivity index (χ0n) is 19.0. The summed E-state index contributed by atoms with van der Waals surface area (Å²) in [5.41, 5.74) is 4.98. The van der Waals surface area contributed by atoms with E-state index in [1.165, 1.54) is 0 Å². The highest BCUT2D eigenvalue weighted by atomic mass is 32.2. The fourth-order valence-electron chi connectivity index (χ4n) is 4.35. The molecule has 0 N–H and O–H groups in total. The van der Waals surface area contributed by atoms with Crippen LogP contribution >= 0.6 is 23.1 Å². The molecule has 0 saturated carbocycles. The third-order valence-corrected chi connectivity index (χ3v) is 8.00. The number of hydrogen-bond acceptors (Lipinski definition) is 7. The lowest BCUT2D eigenvalue weighted by molar-refractivity contribution is 0.0747. The lowest BCUT2D eigenvalue weighted by Crippen LogP contribution is -2.48. The predicted octanol–water partition coefficient (Wildman–Crippen LogP) is 5.71. The van der Waals surface area contributed by atoms with E-state index in [1.54, 1.807) is 23.1 Å². The summed E-state index contributed by atoms with van der Waals surface area (Å²) in [4.78, 5) is 33.9. The third-order valence-electron chi connectivity index (χ3n) is 6.18. The highest BCUT2D eigenvalue weighted by Gasteiger charge is 2.23. The number of fused-ring (bicyclic) bond motifs is 1. The molecule has 35 heavy (non-hydrogen) atoms. The third kappa shape index (κ3) is 4.47. The maximum Gasteiger partial charge on any atom is 0.253 e. The van der Waals surface area contributed by atoms with Crippen LogP contribution < -0.4 is 4.90 Å². The van der Waals surface area contributed by atoms with Crippen LogP contribution in [0.3, 0.4) is 0 Å². The van der Waals surface area contributed by atoms with Crippen molar-refractivity contribution in [2.45, 2.75) is 6.42 Å². The van der Waals surface area contributed by atoms with E-state index in [0.29, 0.717) is 18.7 Å². The lowest BCUT2D eigenvalue weighted by atomic mass is 10.1. The van der Waals surface area contributed by atoms with Crippen LogP contribution in [0.15, 0.2) is 77.7 Å². The van der Waals surface area contributed by atoms with E-state index < -0.39 is 0 Å². The van der Waals surface area contributed by atoms with Crippen LogP contribution in [0.2, 0.25) is 0 Å². The average molecular weight is 498 g/mol. The molecule has 3 aromatic heterocycles. The number of anilines is 1. The summed E-state index contributed by atoms with van der Waals surface area (Å²) in [5, 5.41) is 4.18. The summed E-state index contributed by atoms with van der Waals surface area (Å²) in [5.74, 6) is 0.0885. The van der Waals surface area contributed by atoms with E-state index in [4.69, 9.17) is 9.97 Å². The first-order valence-corrected chi connectivity index (χ1v) is 13.4. The summed E-state index contributed by atoms with van der Waals surface area (Å²) in [6, 6.07) is 15.7. The summed E-state index contributed by atoms with van der Waals surface area (Å²) < 4.78 is 0.